The number of nitrogens with zero attached hydrogens (tertiary/aromatic N) is 2. The topological polar surface area (TPSA) is 33.2 Å². The lowest BCUT2D eigenvalue weighted by Gasteiger charge is -2.21. The fourth-order valence-corrected chi connectivity index (χ4v) is 2.73. The van der Waals surface area contributed by atoms with Crippen LogP contribution in [0.5, 0.6) is 0 Å². The fraction of sp³-hybridized carbons (Fsp3) is 0.286. The van der Waals surface area contributed by atoms with E-state index in [1.54, 1.807) is 41.8 Å². The second kappa shape index (κ2) is 5.31. The number of carbonyl (C=O) groups excluding carboxylic acids is 1. The Kier molecular flexibility index (Phi) is 3.53. The van der Waals surface area contributed by atoms with E-state index in [0.29, 0.717) is 23.2 Å². The van der Waals surface area contributed by atoms with Gasteiger partial charge in [-0.15, -0.1) is 11.3 Å². The van der Waals surface area contributed by atoms with Crippen LogP contribution in [-0.2, 0) is 6.54 Å². The lowest BCUT2D eigenvalue weighted by molar-refractivity contribution is 0.0730. The van der Waals surface area contributed by atoms with E-state index in [4.69, 9.17) is 11.6 Å². The van der Waals surface area contributed by atoms with Crippen molar-refractivity contribution in [1.29, 1.82) is 0 Å². The molecule has 19 heavy (non-hydrogen) atoms. The van der Waals surface area contributed by atoms with Crippen molar-refractivity contribution in [2.45, 2.75) is 25.4 Å². The average molecular weight is 293 g/mol. The summed E-state index contributed by atoms with van der Waals surface area (Å²) in [5.41, 5.74) is 0.688. The molecule has 1 aliphatic carbocycles. The monoisotopic (exact) mass is 292 g/mol. The molecule has 1 aliphatic rings. The summed E-state index contributed by atoms with van der Waals surface area (Å²) in [5, 5.41) is 3.57. The highest BCUT2D eigenvalue weighted by Gasteiger charge is 2.33. The van der Waals surface area contributed by atoms with Crippen molar-refractivity contribution < 1.29 is 4.79 Å². The van der Waals surface area contributed by atoms with Gasteiger partial charge >= 0.3 is 0 Å². The first-order valence-corrected chi connectivity index (χ1v) is 7.45. The van der Waals surface area contributed by atoms with Crippen LogP contribution in [0, 0.1) is 0 Å². The Balaban J connectivity index is 1.79. The van der Waals surface area contributed by atoms with Crippen molar-refractivity contribution in [1.82, 2.24) is 9.88 Å². The quantitative estimate of drug-likeness (QED) is 0.862. The summed E-state index contributed by atoms with van der Waals surface area (Å²) >= 11 is 7.44. The summed E-state index contributed by atoms with van der Waals surface area (Å²) in [5.74, 6) is 0.0642. The van der Waals surface area contributed by atoms with Gasteiger partial charge in [-0.1, -0.05) is 11.6 Å². The molecule has 1 amide bonds. The molecule has 1 heterocycles. The van der Waals surface area contributed by atoms with Crippen molar-refractivity contribution in [2.75, 3.05) is 0 Å². The second-order valence-corrected chi connectivity index (χ2v) is 6.01. The first kappa shape index (κ1) is 12.6. The number of halogens is 1. The van der Waals surface area contributed by atoms with E-state index < -0.39 is 0 Å². The minimum atomic E-state index is 0.0642. The van der Waals surface area contributed by atoms with Gasteiger partial charge in [0.25, 0.3) is 5.91 Å². The zero-order valence-electron chi connectivity index (χ0n) is 10.3. The molecule has 0 radical (unpaired) electrons. The molecular formula is C14H13ClN2OS. The molecule has 1 saturated carbocycles. The molecule has 5 heteroatoms. The minimum Gasteiger partial charge on any atom is -0.329 e. The van der Waals surface area contributed by atoms with Crippen LogP contribution in [0.15, 0.2) is 35.8 Å². The Hall–Kier alpha value is -1.39. The molecule has 0 N–H and O–H groups in total. The summed E-state index contributed by atoms with van der Waals surface area (Å²) in [6, 6.07) is 7.43. The number of benzene rings is 1. The van der Waals surface area contributed by atoms with Gasteiger partial charge in [-0.3, -0.25) is 4.79 Å². The summed E-state index contributed by atoms with van der Waals surface area (Å²) in [4.78, 5) is 18.7. The van der Waals surface area contributed by atoms with E-state index >= 15 is 0 Å². The lowest BCUT2D eigenvalue weighted by Crippen LogP contribution is -2.32. The van der Waals surface area contributed by atoms with E-state index in [0.717, 1.165) is 17.8 Å². The third-order valence-electron chi connectivity index (χ3n) is 3.13. The van der Waals surface area contributed by atoms with Crippen LogP contribution in [0.1, 0.15) is 28.2 Å². The van der Waals surface area contributed by atoms with E-state index in [1.807, 2.05) is 10.3 Å². The van der Waals surface area contributed by atoms with Gasteiger partial charge in [0.2, 0.25) is 0 Å². The maximum absolute atomic E-state index is 12.5. The summed E-state index contributed by atoms with van der Waals surface area (Å²) in [7, 11) is 0. The van der Waals surface area contributed by atoms with E-state index in [9.17, 15) is 4.79 Å². The van der Waals surface area contributed by atoms with Gasteiger partial charge in [0, 0.05) is 28.2 Å². The number of carbonyl (C=O) groups is 1. The van der Waals surface area contributed by atoms with Crippen molar-refractivity contribution in [3.05, 3.63) is 51.4 Å². The zero-order chi connectivity index (χ0) is 13.2. The molecule has 1 fully saturated rings. The molecule has 2 aromatic rings. The Morgan fingerprint density at radius 1 is 1.37 bits per heavy atom. The third-order valence-corrected chi connectivity index (χ3v) is 4.15. The highest BCUT2D eigenvalue weighted by atomic mass is 35.5. The van der Waals surface area contributed by atoms with Gasteiger partial charge in [-0.2, -0.15) is 0 Å². The Bertz CT molecular complexity index is 564. The smallest absolute Gasteiger partial charge is 0.254 e. The van der Waals surface area contributed by atoms with Crippen LogP contribution >= 0.6 is 22.9 Å². The zero-order valence-corrected chi connectivity index (χ0v) is 11.8. The number of thiazole rings is 1. The maximum Gasteiger partial charge on any atom is 0.254 e. The van der Waals surface area contributed by atoms with E-state index in [2.05, 4.69) is 4.98 Å². The predicted molar refractivity (Wildman–Crippen MR) is 76.5 cm³/mol. The summed E-state index contributed by atoms with van der Waals surface area (Å²) in [6.07, 6.45) is 3.95. The van der Waals surface area contributed by atoms with Gasteiger partial charge in [0.15, 0.2) is 0 Å². The Morgan fingerprint density at radius 2 is 2.11 bits per heavy atom. The highest BCUT2D eigenvalue weighted by Crippen LogP contribution is 2.30. The molecule has 3 rings (SSSR count). The minimum absolute atomic E-state index is 0.0642. The van der Waals surface area contributed by atoms with Crippen molar-refractivity contribution in [2.24, 2.45) is 0 Å². The first-order valence-electron chi connectivity index (χ1n) is 6.19. The van der Waals surface area contributed by atoms with Gasteiger partial charge in [0.05, 0.1) is 6.54 Å². The van der Waals surface area contributed by atoms with Crippen LogP contribution in [0.25, 0.3) is 0 Å². The first-order chi connectivity index (χ1) is 9.24. The van der Waals surface area contributed by atoms with Gasteiger partial charge in [-0.25, -0.2) is 4.98 Å². The van der Waals surface area contributed by atoms with Crippen LogP contribution < -0.4 is 0 Å². The molecular weight excluding hydrogens is 280 g/mol. The van der Waals surface area contributed by atoms with Crippen molar-refractivity contribution in [3.8, 4) is 0 Å². The van der Waals surface area contributed by atoms with E-state index in [-0.39, 0.29) is 5.91 Å². The van der Waals surface area contributed by atoms with Gasteiger partial charge < -0.3 is 4.90 Å². The number of hydrogen-bond acceptors (Lipinski definition) is 3. The summed E-state index contributed by atoms with van der Waals surface area (Å²) < 4.78 is 0. The second-order valence-electron chi connectivity index (χ2n) is 4.60. The number of aromatic nitrogens is 1. The predicted octanol–water partition coefficient (Wildman–Crippen LogP) is 3.60. The largest absolute Gasteiger partial charge is 0.329 e. The molecule has 1 aromatic heterocycles. The Labute approximate surface area is 120 Å². The lowest BCUT2D eigenvalue weighted by atomic mass is 10.2. The molecule has 0 unspecified atom stereocenters. The summed E-state index contributed by atoms with van der Waals surface area (Å²) in [6.45, 7) is 0.601. The number of amides is 1. The fourth-order valence-electron chi connectivity index (χ4n) is 1.99. The SMILES string of the molecule is O=C(c1ccc(Cl)cc1)N(Cc1nccs1)C1CC1. The number of hydrogen-bond donors (Lipinski definition) is 0. The number of rotatable bonds is 4. The normalized spacial score (nSPS) is 14.4. The average Bonchev–Trinajstić information content (AvgIpc) is 3.13. The van der Waals surface area contributed by atoms with Gasteiger partial charge in [-0.05, 0) is 37.1 Å². The van der Waals surface area contributed by atoms with E-state index in [1.165, 1.54) is 0 Å². The molecule has 0 spiro atoms. The Morgan fingerprint density at radius 3 is 2.68 bits per heavy atom. The van der Waals surface area contributed by atoms with Crippen LogP contribution in [0.4, 0.5) is 0 Å². The van der Waals surface area contributed by atoms with Crippen molar-refractivity contribution in [3.63, 3.8) is 0 Å². The van der Waals surface area contributed by atoms with Crippen molar-refractivity contribution >= 4 is 28.8 Å². The molecule has 1 aromatic carbocycles. The molecule has 3 nitrogen and oxygen atoms in total. The maximum atomic E-state index is 12.5. The molecule has 0 bridgehead atoms. The standard InChI is InChI=1S/C14H13ClN2OS/c15-11-3-1-10(2-4-11)14(18)17(12-5-6-12)9-13-16-7-8-19-13/h1-4,7-8,12H,5-6,9H2. The van der Waals surface area contributed by atoms with Crippen LogP contribution in [-0.4, -0.2) is 21.8 Å². The molecule has 0 atom stereocenters. The molecule has 0 aliphatic heterocycles. The van der Waals surface area contributed by atoms with Gasteiger partial charge in [0.1, 0.15) is 5.01 Å². The highest BCUT2D eigenvalue weighted by molar-refractivity contribution is 7.09. The third kappa shape index (κ3) is 2.96. The van der Waals surface area contributed by atoms with Crippen LogP contribution in [0.3, 0.4) is 0 Å². The molecule has 98 valence electrons. The van der Waals surface area contributed by atoms with Crippen LogP contribution in [0.2, 0.25) is 5.02 Å². The molecule has 0 saturated heterocycles.